The lowest BCUT2D eigenvalue weighted by molar-refractivity contribution is -0.142. The maximum atomic E-state index is 13.5. The highest BCUT2D eigenvalue weighted by Crippen LogP contribution is 2.55. The fourth-order valence-electron chi connectivity index (χ4n) is 6.42. The highest BCUT2D eigenvalue weighted by molar-refractivity contribution is 5.93. The Morgan fingerprint density at radius 1 is 1.14 bits per heavy atom. The van der Waals surface area contributed by atoms with Gasteiger partial charge in [0.05, 0.1) is 11.7 Å². The predicted octanol–water partition coefficient (Wildman–Crippen LogP) is 3.63. The first-order valence-corrected chi connectivity index (χ1v) is 12.6. The van der Waals surface area contributed by atoms with E-state index in [2.05, 4.69) is 34.4 Å². The molecule has 7 nitrogen and oxygen atoms in total. The maximum absolute atomic E-state index is 13.5. The van der Waals surface area contributed by atoms with Gasteiger partial charge in [-0.1, -0.05) is 20.8 Å². The molecule has 0 spiro atoms. The van der Waals surface area contributed by atoms with E-state index in [4.69, 9.17) is 0 Å². The van der Waals surface area contributed by atoms with Crippen LogP contribution < -0.4 is 10.6 Å². The van der Waals surface area contributed by atoms with Crippen molar-refractivity contribution in [3.8, 4) is 0 Å². The number of benzene rings is 1. The number of amides is 2. The maximum Gasteiger partial charge on any atom is 0.254 e. The highest BCUT2D eigenvalue weighted by atomic mass is 19.1. The van der Waals surface area contributed by atoms with Crippen LogP contribution in [0.3, 0.4) is 0 Å². The molecule has 0 unspecified atom stereocenters. The fourth-order valence-corrected chi connectivity index (χ4v) is 6.42. The van der Waals surface area contributed by atoms with Crippen molar-refractivity contribution in [2.75, 3.05) is 0 Å². The van der Waals surface area contributed by atoms with Crippen molar-refractivity contribution in [1.82, 2.24) is 20.6 Å². The largest absolute Gasteiger partial charge is 0.392 e. The lowest BCUT2D eigenvalue weighted by atomic mass is 9.51. The molecule has 2 aromatic rings. The predicted molar refractivity (Wildman–Crippen MR) is 129 cm³/mol. The summed E-state index contributed by atoms with van der Waals surface area (Å²) in [5.74, 6) is -2.71. The van der Waals surface area contributed by atoms with Crippen molar-refractivity contribution >= 4 is 11.8 Å². The topological polar surface area (TPSA) is 104 Å². The van der Waals surface area contributed by atoms with Crippen LogP contribution in [0.25, 0.3) is 0 Å². The van der Waals surface area contributed by atoms with Crippen molar-refractivity contribution in [1.29, 1.82) is 0 Å². The van der Waals surface area contributed by atoms with Gasteiger partial charge in [0.25, 0.3) is 5.91 Å². The Labute approximate surface area is 210 Å². The molecule has 0 aliphatic heterocycles. The van der Waals surface area contributed by atoms with E-state index < -0.39 is 23.7 Å². The van der Waals surface area contributed by atoms with Crippen molar-refractivity contribution in [3.05, 3.63) is 59.7 Å². The monoisotopic (exact) mass is 500 g/mol. The summed E-state index contributed by atoms with van der Waals surface area (Å²) in [5, 5.41) is 17.4. The second kappa shape index (κ2) is 10.6. The zero-order valence-electron chi connectivity index (χ0n) is 20.9. The minimum Gasteiger partial charge on any atom is -0.392 e. The molecule has 1 aromatic carbocycles. The molecule has 1 aromatic heterocycles. The van der Waals surface area contributed by atoms with E-state index in [1.807, 2.05) is 0 Å². The molecule has 2 aliphatic carbocycles. The first-order valence-electron chi connectivity index (χ1n) is 12.6. The van der Waals surface area contributed by atoms with E-state index in [1.165, 1.54) is 30.9 Å². The number of hydrogen-bond acceptors (Lipinski definition) is 5. The average Bonchev–Trinajstić information content (AvgIpc) is 2.84. The molecule has 3 N–H and O–H groups in total. The second-order valence-electron chi connectivity index (χ2n) is 10.8. The molecule has 0 radical (unpaired) electrons. The third kappa shape index (κ3) is 5.40. The number of rotatable bonds is 6. The summed E-state index contributed by atoms with van der Waals surface area (Å²) in [5.41, 5.74) is 0.651. The van der Waals surface area contributed by atoms with Gasteiger partial charge in [-0.3, -0.25) is 9.59 Å². The minimum atomic E-state index is -0.717. The molecular weight excluding hydrogens is 466 g/mol. The molecule has 194 valence electrons. The second-order valence-corrected chi connectivity index (χ2v) is 10.8. The van der Waals surface area contributed by atoms with E-state index in [0.29, 0.717) is 17.5 Å². The Hall–Kier alpha value is -2.94. The van der Waals surface area contributed by atoms with Gasteiger partial charge in [-0.05, 0) is 66.5 Å². The van der Waals surface area contributed by atoms with Crippen LogP contribution in [0.15, 0.2) is 36.9 Å². The van der Waals surface area contributed by atoms with Gasteiger partial charge < -0.3 is 15.7 Å². The number of aliphatic hydroxyl groups is 1. The van der Waals surface area contributed by atoms with E-state index >= 15 is 0 Å². The van der Waals surface area contributed by atoms with Crippen LogP contribution in [0.2, 0.25) is 0 Å². The molecular formula is C27H34F2N4O3. The Kier molecular flexibility index (Phi) is 7.68. The molecule has 4 rings (SSSR count). The molecule has 9 heteroatoms. The number of carbonyl (C=O) groups excluding carboxylic acids is 2. The van der Waals surface area contributed by atoms with Gasteiger partial charge in [0.1, 0.15) is 18.0 Å². The van der Waals surface area contributed by atoms with Gasteiger partial charge in [-0.15, -0.1) is 0 Å². The van der Waals surface area contributed by atoms with Gasteiger partial charge >= 0.3 is 0 Å². The lowest BCUT2D eigenvalue weighted by Crippen LogP contribution is -2.58. The molecule has 0 saturated heterocycles. The van der Waals surface area contributed by atoms with Gasteiger partial charge in [0.2, 0.25) is 5.91 Å². The summed E-state index contributed by atoms with van der Waals surface area (Å²) >= 11 is 0. The van der Waals surface area contributed by atoms with Crippen molar-refractivity contribution < 1.29 is 23.5 Å². The number of aromatic nitrogens is 2. The molecule has 2 amide bonds. The number of carbonyl (C=O) groups is 2. The number of halogens is 2. The van der Waals surface area contributed by atoms with Crippen LogP contribution >= 0.6 is 0 Å². The highest BCUT2D eigenvalue weighted by Gasteiger charge is 2.53. The smallest absolute Gasteiger partial charge is 0.254 e. The van der Waals surface area contributed by atoms with E-state index in [-0.39, 0.29) is 47.6 Å². The van der Waals surface area contributed by atoms with Crippen molar-refractivity contribution in [2.45, 2.75) is 65.1 Å². The molecule has 2 aliphatic rings. The number of hydrogen-bond donors (Lipinski definition) is 3. The van der Waals surface area contributed by atoms with Crippen LogP contribution in [0.5, 0.6) is 0 Å². The molecule has 36 heavy (non-hydrogen) atoms. The minimum absolute atomic E-state index is 0.000612. The standard InChI is InChI=1S/C27H34F2N4O3/c1-15(25(35)32-11-17-8-19(28)10-20(29)9-17)21-4-6-27(3)7-5-22(16(2)23(27)24(21)34)33-26(36)18-12-30-14-31-13-18/h8-10,12-16,21-24,34H,4-7,11H2,1-3H3,(H,32,35)(H,33,36)/t15-,16+,21-,22-,23+,24-,27-/m0/s1. The molecule has 7 atom stereocenters. The summed E-state index contributed by atoms with van der Waals surface area (Å²) in [6, 6.07) is 3.05. The number of fused-ring (bicyclic) bond motifs is 1. The first kappa shape index (κ1) is 26.1. The fraction of sp³-hybridized carbons (Fsp3) is 0.556. The van der Waals surface area contributed by atoms with Gasteiger partial charge in [0, 0.05) is 37.0 Å². The van der Waals surface area contributed by atoms with E-state index in [1.54, 1.807) is 6.92 Å². The van der Waals surface area contributed by atoms with Crippen molar-refractivity contribution in [2.24, 2.45) is 29.1 Å². The van der Waals surface area contributed by atoms with E-state index in [0.717, 1.165) is 25.3 Å². The number of nitrogens with one attached hydrogen (secondary N) is 2. The van der Waals surface area contributed by atoms with Gasteiger partial charge in [-0.2, -0.15) is 0 Å². The number of aliphatic hydroxyl groups excluding tert-OH is 1. The average molecular weight is 501 g/mol. The summed E-state index contributed by atoms with van der Waals surface area (Å²) in [6.07, 6.45) is 6.88. The third-order valence-electron chi connectivity index (χ3n) is 8.47. The van der Waals surface area contributed by atoms with Crippen molar-refractivity contribution in [3.63, 3.8) is 0 Å². The first-order chi connectivity index (χ1) is 17.1. The Balaban J connectivity index is 1.42. The number of nitrogens with zero attached hydrogens (tertiary/aromatic N) is 2. The Morgan fingerprint density at radius 3 is 2.44 bits per heavy atom. The van der Waals surface area contributed by atoms with Crippen LogP contribution in [0.4, 0.5) is 8.78 Å². The van der Waals surface area contributed by atoms with Crippen LogP contribution in [-0.4, -0.2) is 39.0 Å². The normalized spacial score (nSPS) is 30.7. The molecule has 0 bridgehead atoms. The SMILES string of the molecule is C[C@H]1[C@@H]2[C@@H](O)[C@H]([C@H](C)C(=O)NCc3cc(F)cc(F)c3)CC[C@@]2(C)CC[C@@H]1NC(=O)c1cncnc1. The zero-order valence-corrected chi connectivity index (χ0v) is 20.9. The zero-order chi connectivity index (χ0) is 26.0. The Morgan fingerprint density at radius 2 is 1.78 bits per heavy atom. The van der Waals surface area contributed by atoms with Crippen LogP contribution in [0, 0.1) is 40.7 Å². The quantitative estimate of drug-likeness (QED) is 0.562. The van der Waals surface area contributed by atoms with Gasteiger partial charge in [0.15, 0.2) is 0 Å². The third-order valence-corrected chi connectivity index (χ3v) is 8.47. The molecule has 2 saturated carbocycles. The molecule has 2 fully saturated rings. The summed E-state index contributed by atoms with van der Waals surface area (Å²) in [6.45, 7) is 6.05. The summed E-state index contributed by atoms with van der Waals surface area (Å²) < 4.78 is 26.9. The lowest BCUT2D eigenvalue weighted by Gasteiger charge is -2.56. The van der Waals surface area contributed by atoms with Gasteiger partial charge in [-0.25, -0.2) is 18.7 Å². The van der Waals surface area contributed by atoms with Crippen LogP contribution in [0.1, 0.15) is 62.4 Å². The summed E-state index contributed by atoms with van der Waals surface area (Å²) in [4.78, 5) is 33.5. The van der Waals surface area contributed by atoms with E-state index in [9.17, 15) is 23.5 Å². The Bertz CT molecular complexity index is 1080. The molecule has 1 heterocycles. The summed E-state index contributed by atoms with van der Waals surface area (Å²) in [7, 11) is 0. The van der Waals surface area contributed by atoms with Crippen LogP contribution in [-0.2, 0) is 11.3 Å².